The third-order valence-electron chi connectivity index (χ3n) is 2.67. The number of hydrogen-bond acceptors (Lipinski definition) is 5. The van der Waals surface area contributed by atoms with Gasteiger partial charge in [-0.15, -0.1) is 0 Å². The summed E-state index contributed by atoms with van der Waals surface area (Å²) in [6.45, 7) is 3.37. The predicted octanol–water partition coefficient (Wildman–Crippen LogP) is -0.226. The fraction of sp³-hybridized carbons (Fsp3) is 0.500. The topological polar surface area (TPSA) is 84.1 Å². The largest absolute Gasteiger partial charge is 0.368 e. The standard InChI is InChI=1S/C10H15N5O/c1-2-7-9(16)12-5-6-15(7)8-3-4-13-10(11)14-8/h3-4,7H,2,5-6H2,1H3,(H,12,16)(H2,11,13,14). The number of rotatable bonds is 2. The number of nitrogens with one attached hydrogen (secondary N) is 1. The minimum absolute atomic E-state index is 0.0472. The Balaban J connectivity index is 2.27. The Labute approximate surface area is 93.9 Å². The highest BCUT2D eigenvalue weighted by Gasteiger charge is 2.28. The van der Waals surface area contributed by atoms with Gasteiger partial charge in [0.05, 0.1) is 0 Å². The Kier molecular flexibility index (Phi) is 2.89. The molecule has 2 rings (SSSR count). The van der Waals surface area contributed by atoms with Gasteiger partial charge in [0.25, 0.3) is 0 Å². The van der Waals surface area contributed by atoms with E-state index in [1.165, 1.54) is 0 Å². The molecule has 1 aromatic rings. The first-order valence-corrected chi connectivity index (χ1v) is 5.35. The first kappa shape index (κ1) is 10.7. The summed E-state index contributed by atoms with van der Waals surface area (Å²) in [6, 6.07) is 1.61. The monoisotopic (exact) mass is 221 g/mol. The van der Waals surface area contributed by atoms with Crippen molar-refractivity contribution in [2.24, 2.45) is 0 Å². The quantitative estimate of drug-likeness (QED) is 0.721. The second-order valence-electron chi connectivity index (χ2n) is 3.68. The zero-order valence-electron chi connectivity index (χ0n) is 9.18. The van der Waals surface area contributed by atoms with E-state index in [1.54, 1.807) is 12.3 Å². The molecule has 1 aliphatic rings. The molecule has 1 atom stereocenters. The van der Waals surface area contributed by atoms with Crippen LogP contribution in [0.1, 0.15) is 13.3 Å². The third-order valence-corrected chi connectivity index (χ3v) is 2.67. The van der Waals surface area contributed by atoms with Crippen LogP contribution in [0.25, 0.3) is 0 Å². The van der Waals surface area contributed by atoms with Crippen LogP contribution in [0, 0.1) is 0 Å². The van der Waals surface area contributed by atoms with Crippen LogP contribution >= 0.6 is 0 Å². The van der Waals surface area contributed by atoms with E-state index in [-0.39, 0.29) is 17.9 Å². The van der Waals surface area contributed by atoms with Gasteiger partial charge in [-0.25, -0.2) is 4.98 Å². The van der Waals surface area contributed by atoms with Crippen molar-refractivity contribution in [2.75, 3.05) is 23.7 Å². The summed E-state index contributed by atoms with van der Waals surface area (Å²) in [5, 5.41) is 2.84. The van der Waals surface area contributed by atoms with E-state index in [0.29, 0.717) is 12.4 Å². The Morgan fingerprint density at radius 3 is 3.19 bits per heavy atom. The molecule has 0 aromatic carbocycles. The normalized spacial score (nSPS) is 20.7. The summed E-state index contributed by atoms with van der Waals surface area (Å²) < 4.78 is 0. The van der Waals surface area contributed by atoms with E-state index >= 15 is 0 Å². The number of carbonyl (C=O) groups is 1. The Morgan fingerprint density at radius 1 is 1.69 bits per heavy atom. The van der Waals surface area contributed by atoms with Gasteiger partial charge in [-0.05, 0) is 12.5 Å². The number of anilines is 2. The van der Waals surface area contributed by atoms with Gasteiger partial charge in [0.1, 0.15) is 11.9 Å². The van der Waals surface area contributed by atoms with Gasteiger partial charge in [0, 0.05) is 19.3 Å². The summed E-state index contributed by atoms with van der Waals surface area (Å²) in [5.74, 6) is 0.999. The van der Waals surface area contributed by atoms with E-state index in [2.05, 4.69) is 15.3 Å². The van der Waals surface area contributed by atoms with Crippen LogP contribution < -0.4 is 16.0 Å². The average Bonchev–Trinajstić information content (AvgIpc) is 2.28. The van der Waals surface area contributed by atoms with Crippen molar-refractivity contribution in [1.29, 1.82) is 0 Å². The molecule has 6 nitrogen and oxygen atoms in total. The predicted molar refractivity (Wildman–Crippen MR) is 60.9 cm³/mol. The molecule has 0 radical (unpaired) electrons. The highest BCUT2D eigenvalue weighted by atomic mass is 16.2. The van der Waals surface area contributed by atoms with E-state index in [0.717, 1.165) is 13.0 Å². The number of nitrogens with zero attached hydrogens (tertiary/aromatic N) is 3. The fourth-order valence-electron chi connectivity index (χ4n) is 1.92. The van der Waals surface area contributed by atoms with Crippen molar-refractivity contribution in [1.82, 2.24) is 15.3 Å². The molecule has 16 heavy (non-hydrogen) atoms. The minimum atomic E-state index is -0.164. The number of hydrogen-bond donors (Lipinski definition) is 2. The SMILES string of the molecule is CCC1C(=O)NCCN1c1ccnc(N)n1. The number of amides is 1. The Bertz CT molecular complexity index is 395. The third kappa shape index (κ3) is 1.91. The van der Waals surface area contributed by atoms with E-state index in [1.807, 2.05) is 11.8 Å². The number of piperazine rings is 1. The number of aromatic nitrogens is 2. The van der Waals surface area contributed by atoms with Crippen LogP contribution in [0.15, 0.2) is 12.3 Å². The van der Waals surface area contributed by atoms with Crippen molar-refractivity contribution in [3.05, 3.63) is 12.3 Å². The molecule has 1 amide bonds. The molecule has 1 aromatic heterocycles. The molecular formula is C10H15N5O. The molecular weight excluding hydrogens is 206 g/mol. The van der Waals surface area contributed by atoms with Gasteiger partial charge >= 0.3 is 0 Å². The highest BCUT2D eigenvalue weighted by Crippen LogP contribution is 2.18. The van der Waals surface area contributed by atoms with Crippen LogP contribution in [0.3, 0.4) is 0 Å². The van der Waals surface area contributed by atoms with Crippen LogP contribution in [0.5, 0.6) is 0 Å². The zero-order valence-corrected chi connectivity index (χ0v) is 9.18. The van der Waals surface area contributed by atoms with Crippen LogP contribution in [0.4, 0.5) is 11.8 Å². The molecule has 0 saturated carbocycles. The van der Waals surface area contributed by atoms with Crippen LogP contribution in [-0.4, -0.2) is 35.0 Å². The van der Waals surface area contributed by atoms with Crippen molar-refractivity contribution in [3.63, 3.8) is 0 Å². The fourth-order valence-corrected chi connectivity index (χ4v) is 1.92. The summed E-state index contributed by atoms with van der Waals surface area (Å²) >= 11 is 0. The van der Waals surface area contributed by atoms with Crippen molar-refractivity contribution >= 4 is 17.7 Å². The van der Waals surface area contributed by atoms with E-state index in [9.17, 15) is 4.79 Å². The van der Waals surface area contributed by atoms with E-state index in [4.69, 9.17) is 5.73 Å². The summed E-state index contributed by atoms with van der Waals surface area (Å²) in [5.41, 5.74) is 5.54. The Morgan fingerprint density at radius 2 is 2.50 bits per heavy atom. The maximum Gasteiger partial charge on any atom is 0.242 e. The number of nitrogens with two attached hydrogens (primary N) is 1. The van der Waals surface area contributed by atoms with Crippen molar-refractivity contribution < 1.29 is 4.79 Å². The molecule has 1 fully saturated rings. The first-order valence-electron chi connectivity index (χ1n) is 5.35. The second-order valence-corrected chi connectivity index (χ2v) is 3.68. The molecule has 2 heterocycles. The lowest BCUT2D eigenvalue weighted by Gasteiger charge is -2.35. The zero-order chi connectivity index (χ0) is 11.5. The number of carbonyl (C=O) groups excluding carboxylic acids is 1. The molecule has 1 saturated heterocycles. The molecule has 6 heteroatoms. The first-order chi connectivity index (χ1) is 7.72. The maximum absolute atomic E-state index is 11.7. The summed E-state index contributed by atoms with van der Waals surface area (Å²) in [4.78, 5) is 21.6. The lowest BCUT2D eigenvalue weighted by molar-refractivity contribution is -0.123. The summed E-state index contributed by atoms with van der Waals surface area (Å²) in [6.07, 6.45) is 2.35. The average molecular weight is 221 g/mol. The molecule has 3 N–H and O–H groups in total. The molecule has 0 aliphatic carbocycles. The second kappa shape index (κ2) is 4.34. The highest BCUT2D eigenvalue weighted by molar-refractivity contribution is 5.86. The van der Waals surface area contributed by atoms with Crippen molar-refractivity contribution in [3.8, 4) is 0 Å². The van der Waals surface area contributed by atoms with E-state index < -0.39 is 0 Å². The molecule has 1 aliphatic heterocycles. The van der Waals surface area contributed by atoms with Gasteiger partial charge in [-0.1, -0.05) is 6.92 Å². The van der Waals surface area contributed by atoms with Gasteiger partial charge < -0.3 is 16.0 Å². The number of nitrogen functional groups attached to an aromatic ring is 1. The summed E-state index contributed by atoms with van der Waals surface area (Å²) in [7, 11) is 0. The van der Waals surface area contributed by atoms with Gasteiger partial charge in [-0.3, -0.25) is 4.79 Å². The van der Waals surface area contributed by atoms with Crippen LogP contribution in [-0.2, 0) is 4.79 Å². The van der Waals surface area contributed by atoms with Gasteiger partial charge in [-0.2, -0.15) is 4.98 Å². The van der Waals surface area contributed by atoms with Gasteiger partial charge in [0.2, 0.25) is 11.9 Å². The lowest BCUT2D eigenvalue weighted by Crippen LogP contribution is -2.55. The van der Waals surface area contributed by atoms with Crippen molar-refractivity contribution in [2.45, 2.75) is 19.4 Å². The molecule has 0 bridgehead atoms. The van der Waals surface area contributed by atoms with Crippen LogP contribution in [0.2, 0.25) is 0 Å². The molecule has 1 unspecified atom stereocenters. The maximum atomic E-state index is 11.7. The molecule has 0 spiro atoms. The van der Waals surface area contributed by atoms with Gasteiger partial charge in [0.15, 0.2) is 0 Å². The smallest absolute Gasteiger partial charge is 0.242 e. The Hall–Kier alpha value is -1.85. The lowest BCUT2D eigenvalue weighted by atomic mass is 10.1. The minimum Gasteiger partial charge on any atom is -0.368 e. The molecule has 86 valence electrons.